The maximum Gasteiger partial charge on any atom is 0.0835 e. The van der Waals surface area contributed by atoms with Crippen LogP contribution in [0, 0.1) is 0 Å². The van der Waals surface area contributed by atoms with Crippen molar-refractivity contribution in [2.75, 3.05) is 18.9 Å². The molecule has 0 aliphatic carbocycles. The summed E-state index contributed by atoms with van der Waals surface area (Å²) in [5.41, 5.74) is 7.32. The Labute approximate surface area is 94.1 Å². The van der Waals surface area contributed by atoms with E-state index in [-0.39, 0.29) is 6.10 Å². The molecule has 0 bridgehead atoms. The second-order valence-corrected chi connectivity index (χ2v) is 4.05. The van der Waals surface area contributed by atoms with Crippen LogP contribution in [0.3, 0.4) is 0 Å². The Morgan fingerprint density at radius 1 is 1.53 bits per heavy atom. The average molecular weight is 228 g/mol. The van der Waals surface area contributed by atoms with Gasteiger partial charge in [0.15, 0.2) is 0 Å². The van der Waals surface area contributed by atoms with Gasteiger partial charge in [0.1, 0.15) is 0 Å². The van der Waals surface area contributed by atoms with E-state index in [4.69, 9.17) is 26.8 Å². The highest BCUT2D eigenvalue weighted by atomic mass is 35.5. The minimum Gasteiger partial charge on any atom is -0.399 e. The lowest BCUT2D eigenvalue weighted by atomic mass is 10.2. The lowest BCUT2D eigenvalue weighted by Crippen LogP contribution is -2.12. The number of rotatable bonds is 3. The third-order valence-corrected chi connectivity index (χ3v) is 2.80. The summed E-state index contributed by atoms with van der Waals surface area (Å²) in [5, 5.41) is 0.697. The molecular formula is C11H14ClNO2. The summed E-state index contributed by atoms with van der Waals surface area (Å²) in [4.78, 5) is 0. The molecule has 82 valence electrons. The Balaban J connectivity index is 1.94. The molecule has 1 heterocycles. The Bertz CT molecular complexity index is 337. The monoisotopic (exact) mass is 227 g/mol. The second-order valence-electron chi connectivity index (χ2n) is 3.65. The van der Waals surface area contributed by atoms with Crippen LogP contribution in [0.4, 0.5) is 5.69 Å². The zero-order chi connectivity index (χ0) is 10.7. The molecule has 0 aromatic heterocycles. The van der Waals surface area contributed by atoms with Crippen molar-refractivity contribution in [2.24, 2.45) is 0 Å². The third kappa shape index (κ3) is 2.84. The lowest BCUT2D eigenvalue weighted by Gasteiger charge is -2.11. The van der Waals surface area contributed by atoms with Crippen LogP contribution in [0.25, 0.3) is 0 Å². The minimum atomic E-state index is 0.197. The van der Waals surface area contributed by atoms with Gasteiger partial charge in [-0.2, -0.15) is 0 Å². The highest BCUT2D eigenvalue weighted by Crippen LogP contribution is 2.21. The first-order valence-electron chi connectivity index (χ1n) is 4.99. The van der Waals surface area contributed by atoms with E-state index in [9.17, 15) is 0 Å². The van der Waals surface area contributed by atoms with E-state index < -0.39 is 0 Å². The van der Waals surface area contributed by atoms with Gasteiger partial charge in [-0.1, -0.05) is 11.6 Å². The quantitative estimate of drug-likeness (QED) is 0.806. The number of anilines is 1. The van der Waals surface area contributed by atoms with Gasteiger partial charge in [-0.3, -0.25) is 0 Å². The van der Waals surface area contributed by atoms with Crippen molar-refractivity contribution in [2.45, 2.75) is 19.1 Å². The van der Waals surface area contributed by atoms with Crippen LogP contribution in [-0.2, 0) is 16.1 Å². The van der Waals surface area contributed by atoms with Crippen molar-refractivity contribution in [1.82, 2.24) is 0 Å². The van der Waals surface area contributed by atoms with E-state index >= 15 is 0 Å². The zero-order valence-corrected chi connectivity index (χ0v) is 9.17. The van der Waals surface area contributed by atoms with Crippen LogP contribution in [0.2, 0.25) is 5.02 Å². The first kappa shape index (κ1) is 10.7. The summed E-state index contributed by atoms with van der Waals surface area (Å²) < 4.78 is 10.9. The molecule has 3 nitrogen and oxygen atoms in total. The van der Waals surface area contributed by atoms with Crippen molar-refractivity contribution < 1.29 is 9.47 Å². The summed E-state index contributed by atoms with van der Waals surface area (Å²) in [6.45, 7) is 1.97. The molecule has 2 N–H and O–H groups in total. The van der Waals surface area contributed by atoms with Gasteiger partial charge in [0.2, 0.25) is 0 Å². The maximum atomic E-state index is 6.01. The van der Waals surface area contributed by atoms with Crippen LogP contribution in [0.1, 0.15) is 12.0 Å². The molecule has 2 rings (SSSR count). The lowest BCUT2D eigenvalue weighted by molar-refractivity contribution is 0.0318. The molecule has 1 aliphatic heterocycles. The SMILES string of the molecule is Nc1ccc(Cl)c(COC2CCOC2)c1. The molecule has 0 radical (unpaired) electrons. The zero-order valence-electron chi connectivity index (χ0n) is 8.41. The van der Waals surface area contributed by atoms with Gasteiger partial charge < -0.3 is 15.2 Å². The smallest absolute Gasteiger partial charge is 0.0835 e. The van der Waals surface area contributed by atoms with Crippen molar-refractivity contribution >= 4 is 17.3 Å². The molecule has 0 saturated carbocycles. The minimum absolute atomic E-state index is 0.197. The molecule has 1 aliphatic rings. The fourth-order valence-electron chi connectivity index (χ4n) is 1.56. The van der Waals surface area contributed by atoms with Crippen LogP contribution in [-0.4, -0.2) is 19.3 Å². The molecule has 1 unspecified atom stereocenters. The Morgan fingerprint density at radius 3 is 3.13 bits per heavy atom. The first-order valence-corrected chi connectivity index (χ1v) is 5.37. The molecule has 4 heteroatoms. The second kappa shape index (κ2) is 4.84. The fourth-order valence-corrected chi connectivity index (χ4v) is 1.73. The Kier molecular flexibility index (Phi) is 3.46. The number of nitrogen functional groups attached to an aromatic ring is 1. The normalized spacial score (nSPS) is 20.7. The van der Waals surface area contributed by atoms with Crippen molar-refractivity contribution in [1.29, 1.82) is 0 Å². The van der Waals surface area contributed by atoms with Gasteiger partial charge in [0.25, 0.3) is 0 Å². The van der Waals surface area contributed by atoms with Crippen LogP contribution in [0.15, 0.2) is 18.2 Å². The number of hydrogen-bond acceptors (Lipinski definition) is 3. The standard InChI is InChI=1S/C11H14ClNO2/c12-11-2-1-9(13)5-8(11)6-15-10-3-4-14-7-10/h1-2,5,10H,3-4,6-7,13H2. The maximum absolute atomic E-state index is 6.01. The fraction of sp³-hybridized carbons (Fsp3) is 0.455. The number of ether oxygens (including phenoxy) is 2. The molecule has 0 spiro atoms. The van der Waals surface area contributed by atoms with Crippen LogP contribution in [0.5, 0.6) is 0 Å². The van der Waals surface area contributed by atoms with E-state index in [2.05, 4.69) is 0 Å². The van der Waals surface area contributed by atoms with Gasteiger partial charge in [0, 0.05) is 17.3 Å². The summed E-state index contributed by atoms with van der Waals surface area (Å²) in [7, 11) is 0. The average Bonchev–Trinajstić information content (AvgIpc) is 2.72. The first-order chi connectivity index (χ1) is 7.25. The molecule has 0 amide bonds. The third-order valence-electron chi connectivity index (χ3n) is 2.43. The molecule has 1 aromatic rings. The predicted octanol–water partition coefficient (Wildman–Crippen LogP) is 2.23. The largest absolute Gasteiger partial charge is 0.399 e. The Hall–Kier alpha value is -0.770. The summed E-state index contributed by atoms with van der Waals surface area (Å²) >= 11 is 6.01. The molecule has 1 saturated heterocycles. The van der Waals surface area contributed by atoms with Gasteiger partial charge in [-0.25, -0.2) is 0 Å². The number of halogens is 1. The number of hydrogen-bond donors (Lipinski definition) is 1. The summed E-state index contributed by atoms with van der Waals surface area (Å²) in [5.74, 6) is 0. The van der Waals surface area contributed by atoms with E-state index in [0.29, 0.717) is 23.9 Å². The van der Waals surface area contributed by atoms with Gasteiger partial charge in [0.05, 0.1) is 19.3 Å². The summed E-state index contributed by atoms with van der Waals surface area (Å²) in [6, 6.07) is 5.42. The van der Waals surface area contributed by atoms with E-state index in [0.717, 1.165) is 18.6 Å². The van der Waals surface area contributed by atoms with E-state index in [1.807, 2.05) is 6.07 Å². The Morgan fingerprint density at radius 2 is 2.40 bits per heavy atom. The van der Waals surface area contributed by atoms with Gasteiger partial charge in [-0.15, -0.1) is 0 Å². The van der Waals surface area contributed by atoms with Crippen LogP contribution < -0.4 is 5.73 Å². The molecular weight excluding hydrogens is 214 g/mol. The topological polar surface area (TPSA) is 44.5 Å². The van der Waals surface area contributed by atoms with Gasteiger partial charge >= 0.3 is 0 Å². The molecule has 1 fully saturated rings. The van der Waals surface area contributed by atoms with Crippen molar-refractivity contribution in [3.63, 3.8) is 0 Å². The predicted molar refractivity (Wildman–Crippen MR) is 59.9 cm³/mol. The highest BCUT2D eigenvalue weighted by molar-refractivity contribution is 6.31. The van der Waals surface area contributed by atoms with Crippen molar-refractivity contribution in [3.05, 3.63) is 28.8 Å². The molecule has 1 atom stereocenters. The summed E-state index contributed by atoms with van der Waals surface area (Å²) in [6.07, 6.45) is 1.16. The highest BCUT2D eigenvalue weighted by Gasteiger charge is 2.16. The van der Waals surface area contributed by atoms with E-state index in [1.54, 1.807) is 12.1 Å². The molecule has 15 heavy (non-hydrogen) atoms. The number of benzene rings is 1. The number of nitrogens with two attached hydrogens (primary N) is 1. The van der Waals surface area contributed by atoms with Crippen LogP contribution >= 0.6 is 11.6 Å². The molecule has 1 aromatic carbocycles. The van der Waals surface area contributed by atoms with Crippen molar-refractivity contribution in [3.8, 4) is 0 Å². The van der Waals surface area contributed by atoms with E-state index in [1.165, 1.54) is 0 Å². The van der Waals surface area contributed by atoms with Gasteiger partial charge in [-0.05, 0) is 30.2 Å².